The molecule has 1 atom stereocenters. The fourth-order valence-corrected chi connectivity index (χ4v) is 3.03. The molecule has 1 heterocycles. The van der Waals surface area contributed by atoms with E-state index < -0.39 is 0 Å². The van der Waals surface area contributed by atoms with E-state index in [2.05, 4.69) is 24.1 Å². The second-order valence-electron chi connectivity index (χ2n) is 7.39. The summed E-state index contributed by atoms with van der Waals surface area (Å²) in [7, 11) is 0. The molecule has 0 spiro atoms. The first kappa shape index (κ1) is 21.5. The first-order chi connectivity index (χ1) is 13.4. The van der Waals surface area contributed by atoms with E-state index in [1.807, 2.05) is 49.5 Å². The highest BCUT2D eigenvalue weighted by molar-refractivity contribution is 5.93. The van der Waals surface area contributed by atoms with E-state index in [-0.39, 0.29) is 30.9 Å². The van der Waals surface area contributed by atoms with Gasteiger partial charge in [-0.15, -0.1) is 0 Å². The van der Waals surface area contributed by atoms with Crippen LogP contribution in [-0.2, 0) is 20.7 Å². The van der Waals surface area contributed by atoms with Gasteiger partial charge in [0.05, 0.1) is 12.5 Å². The van der Waals surface area contributed by atoms with Gasteiger partial charge >= 0.3 is 5.97 Å². The van der Waals surface area contributed by atoms with Crippen molar-refractivity contribution in [3.05, 3.63) is 59.8 Å². The van der Waals surface area contributed by atoms with Crippen molar-refractivity contribution in [3.63, 3.8) is 0 Å². The molecule has 0 aliphatic carbocycles. The summed E-state index contributed by atoms with van der Waals surface area (Å²) in [5.74, 6) is -0.0668. The van der Waals surface area contributed by atoms with E-state index in [0.717, 1.165) is 22.9 Å². The molecule has 150 valence electrons. The third-order valence-corrected chi connectivity index (χ3v) is 4.44. The number of esters is 1. The Bertz CT molecular complexity index is 862. The fourth-order valence-electron chi connectivity index (χ4n) is 3.03. The number of hydrogen-bond acceptors (Lipinski definition) is 3. The fraction of sp³-hybridized carbons (Fsp3) is 0.391. The molecule has 0 fully saturated rings. The molecule has 0 radical (unpaired) electrons. The first-order valence-electron chi connectivity index (χ1n) is 9.71. The maximum absolute atomic E-state index is 12.3. The van der Waals surface area contributed by atoms with Crippen LogP contribution in [0.15, 0.2) is 54.3 Å². The van der Waals surface area contributed by atoms with E-state index in [4.69, 9.17) is 4.74 Å². The molecule has 5 heteroatoms. The Hall–Kier alpha value is -2.82. The quantitative estimate of drug-likeness (QED) is 0.386. The van der Waals surface area contributed by atoms with E-state index in [1.54, 1.807) is 13.0 Å². The highest BCUT2D eigenvalue weighted by atomic mass is 16.5. The Morgan fingerprint density at radius 3 is 2.71 bits per heavy atom. The van der Waals surface area contributed by atoms with Gasteiger partial charge in [-0.3, -0.25) is 9.59 Å². The van der Waals surface area contributed by atoms with Crippen LogP contribution in [-0.4, -0.2) is 29.5 Å². The Kier molecular flexibility index (Phi) is 8.05. The first-order valence-corrected chi connectivity index (χ1v) is 9.71. The van der Waals surface area contributed by atoms with Crippen LogP contribution in [0.3, 0.4) is 0 Å². The largest absolute Gasteiger partial charge is 0.463 e. The lowest BCUT2D eigenvalue weighted by Gasteiger charge is -2.20. The third-order valence-electron chi connectivity index (χ3n) is 4.44. The van der Waals surface area contributed by atoms with Gasteiger partial charge in [-0.05, 0) is 37.8 Å². The maximum atomic E-state index is 12.3. The Morgan fingerprint density at radius 1 is 1.25 bits per heavy atom. The molecule has 5 nitrogen and oxygen atoms in total. The molecule has 0 saturated carbocycles. The van der Waals surface area contributed by atoms with Crippen molar-refractivity contribution in [1.82, 2.24) is 10.3 Å². The van der Waals surface area contributed by atoms with Gasteiger partial charge in [0.15, 0.2) is 0 Å². The van der Waals surface area contributed by atoms with Crippen molar-refractivity contribution in [2.45, 2.75) is 46.6 Å². The maximum Gasteiger partial charge on any atom is 0.310 e. The molecule has 0 bridgehead atoms. The van der Waals surface area contributed by atoms with Crippen LogP contribution in [0.5, 0.6) is 0 Å². The summed E-state index contributed by atoms with van der Waals surface area (Å²) in [6.45, 7) is 7.99. The summed E-state index contributed by atoms with van der Waals surface area (Å²) >= 11 is 0. The van der Waals surface area contributed by atoms with Crippen molar-refractivity contribution in [2.24, 2.45) is 5.92 Å². The molecule has 1 amide bonds. The van der Waals surface area contributed by atoms with Gasteiger partial charge in [-0.25, -0.2) is 0 Å². The molecule has 2 aromatic rings. The highest BCUT2D eigenvalue weighted by Gasteiger charge is 2.18. The van der Waals surface area contributed by atoms with E-state index in [9.17, 15) is 9.59 Å². The number of H-pyrrole nitrogens is 1. The number of hydrogen-bond donors (Lipinski definition) is 2. The molecule has 0 unspecified atom stereocenters. The number of aromatic nitrogens is 1. The lowest BCUT2D eigenvalue weighted by atomic mass is 10.0. The number of carbonyl (C=O) groups excluding carboxylic acids is 2. The number of allylic oxidation sites excluding steroid dienone is 3. The summed E-state index contributed by atoms with van der Waals surface area (Å²) < 4.78 is 5.49. The molecular formula is C23H30N2O3. The predicted octanol–water partition coefficient (Wildman–Crippen LogP) is 4.31. The van der Waals surface area contributed by atoms with E-state index in [0.29, 0.717) is 11.5 Å². The molecule has 28 heavy (non-hydrogen) atoms. The van der Waals surface area contributed by atoms with Crippen molar-refractivity contribution in [1.29, 1.82) is 0 Å². The zero-order chi connectivity index (χ0) is 20.5. The lowest BCUT2D eigenvalue weighted by Crippen LogP contribution is -2.40. The minimum atomic E-state index is -0.297. The number of rotatable bonds is 9. The van der Waals surface area contributed by atoms with Crippen molar-refractivity contribution in [3.8, 4) is 0 Å². The number of carbonyl (C=O) groups is 2. The molecule has 0 aliphatic heterocycles. The number of aromatic amines is 1. The van der Waals surface area contributed by atoms with Crippen LogP contribution in [0.1, 0.15) is 39.7 Å². The zero-order valence-corrected chi connectivity index (χ0v) is 17.1. The van der Waals surface area contributed by atoms with Gasteiger partial charge in [0.25, 0.3) is 0 Å². The molecule has 1 aromatic heterocycles. The molecule has 2 rings (SSSR count). The topological polar surface area (TPSA) is 71.2 Å². The van der Waals surface area contributed by atoms with Crippen LogP contribution in [0.4, 0.5) is 0 Å². The second-order valence-corrected chi connectivity index (χ2v) is 7.39. The monoisotopic (exact) mass is 382 g/mol. The average Bonchev–Trinajstić information content (AvgIpc) is 3.06. The molecule has 0 aliphatic rings. The molecule has 2 N–H and O–H groups in total. The van der Waals surface area contributed by atoms with E-state index >= 15 is 0 Å². The van der Waals surface area contributed by atoms with Gasteiger partial charge in [0.2, 0.25) is 5.91 Å². The van der Waals surface area contributed by atoms with Crippen LogP contribution < -0.4 is 5.32 Å². The molecule has 0 saturated heterocycles. The normalized spacial score (nSPS) is 13.2. The van der Waals surface area contributed by atoms with Crippen LogP contribution >= 0.6 is 0 Å². The zero-order valence-electron chi connectivity index (χ0n) is 17.1. The molecular weight excluding hydrogens is 352 g/mol. The van der Waals surface area contributed by atoms with Crippen molar-refractivity contribution < 1.29 is 14.3 Å². The smallest absolute Gasteiger partial charge is 0.310 e. The minimum Gasteiger partial charge on any atom is -0.463 e. The molecule has 1 aromatic carbocycles. The number of amides is 1. The van der Waals surface area contributed by atoms with Crippen molar-refractivity contribution >= 4 is 22.8 Å². The third kappa shape index (κ3) is 6.41. The van der Waals surface area contributed by atoms with Gasteiger partial charge in [0, 0.05) is 22.7 Å². The number of nitrogens with one attached hydrogen (secondary N) is 2. The van der Waals surface area contributed by atoms with Gasteiger partial charge in [-0.2, -0.15) is 0 Å². The van der Waals surface area contributed by atoms with Gasteiger partial charge < -0.3 is 15.0 Å². The van der Waals surface area contributed by atoms with Crippen molar-refractivity contribution in [2.75, 3.05) is 6.61 Å². The Balaban J connectivity index is 1.94. The number of fused-ring (bicyclic) bond motifs is 1. The summed E-state index contributed by atoms with van der Waals surface area (Å²) in [6, 6.07) is 7.64. The minimum absolute atomic E-state index is 0.142. The lowest BCUT2D eigenvalue weighted by molar-refractivity contribution is -0.144. The summed E-state index contributed by atoms with van der Waals surface area (Å²) in [5, 5.41) is 4.00. The van der Waals surface area contributed by atoms with Crippen LogP contribution in [0.25, 0.3) is 10.9 Å². The van der Waals surface area contributed by atoms with Crippen LogP contribution in [0.2, 0.25) is 0 Å². The highest BCUT2D eigenvalue weighted by Crippen LogP contribution is 2.18. The second kappa shape index (κ2) is 10.5. The SMILES string of the molecule is C/C=C/C=C(/C)C(=O)N[C@H](COC(=O)Cc1c[nH]c2ccccc12)CC(C)C. The van der Waals surface area contributed by atoms with Crippen LogP contribution in [0, 0.1) is 5.92 Å². The van der Waals surface area contributed by atoms with Gasteiger partial charge in [0.1, 0.15) is 6.61 Å². The Labute approximate surface area is 166 Å². The summed E-state index contributed by atoms with van der Waals surface area (Å²) in [6.07, 6.45) is 8.25. The Morgan fingerprint density at radius 2 is 2.00 bits per heavy atom. The summed E-state index contributed by atoms with van der Waals surface area (Å²) in [4.78, 5) is 27.8. The standard InChI is InChI=1S/C23H30N2O3/c1-5-6-9-17(4)23(27)25-19(12-16(2)3)15-28-22(26)13-18-14-24-21-11-8-7-10-20(18)21/h5-11,14,16,19,24H,12-13,15H2,1-4H3,(H,25,27)/b6-5+,17-9-/t19-/m0/s1. The number of para-hydroxylation sites is 1. The van der Waals surface area contributed by atoms with Gasteiger partial charge in [-0.1, -0.05) is 50.3 Å². The summed E-state index contributed by atoms with van der Waals surface area (Å²) in [5.41, 5.74) is 2.53. The predicted molar refractivity (Wildman–Crippen MR) is 113 cm³/mol. The van der Waals surface area contributed by atoms with E-state index in [1.165, 1.54) is 0 Å². The average molecular weight is 383 g/mol. The number of ether oxygens (including phenoxy) is 1. The number of benzene rings is 1.